The van der Waals surface area contributed by atoms with Crippen LogP contribution in [0, 0.1) is 5.41 Å². The third-order valence-corrected chi connectivity index (χ3v) is 5.08. The van der Waals surface area contributed by atoms with Gasteiger partial charge in [0, 0.05) is 12.8 Å². The van der Waals surface area contributed by atoms with Crippen molar-refractivity contribution in [2.75, 3.05) is 27.7 Å². The first-order valence-electron chi connectivity index (χ1n) is 9.71. The van der Waals surface area contributed by atoms with Crippen molar-refractivity contribution in [3.8, 4) is 0 Å². The molecule has 0 aromatic heterocycles. The van der Waals surface area contributed by atoms with Crippen molar-refractivity contribution in [2.24, 2.45) is 5.41 Å². The molecule has 0 aliphatic rings. The molecule has 1 unspecified atom stereocenters. The van der Waals surface area contributed by atoms with Crippen LogP contribution in [-0.4, -0.2) is 38.1 Å². The van der Waals surface area contributed by atoms with E-state index in [2.05, 4.69) is 59.3 Å². The van der Waals surface area contributed by atoms with Gasteiger partial charge in [-0.05, 0) is 11.1 Å². The van der Waals surface area contributed by atoms with Gasteiger partial charge >= 0.3 is 5.97 Å². The van der Waals surface area contributed by atoms with E-state index < -0.39 is 5.60 Å². The normalized spacial score (nSPS) is 14.4. The smallest absolute Gasteiger partial charge is 0.306 e. The molecule has 0 heterocycles. The van der Waals surface area contributed by atoms with Crippen molar-refractivity contribution >= 4 is 5.97 Å². The average Bonchev–Trinajstić information content (AvgIpc) is 2.60. The molecule has 2 aromatic carbocycles. The van der Waals surface area contributed by atoms with Gasteiger partial charge in [-0.2, -0.15) is 0 Å². The summed E-state index contributed by atoms with van der Waals surface area (Å²) in [5.74, 6) is -0.163. The van der Waals surface area contributed by atoms with Gasteiger partial charge in [0.25, 0.3) is 0 Å². The standard InChI is InChI=1S/C24H34NO2/c1-7-22(26)27-24(21-16-12-9-13-17-21,18-20-14-10-8-11-15-20)23(2,3)19-25(4,5)6/h8-17H,7,18-19H2,1-6H3/q+1. The van der Waals surface area contributed by atoms with Crippen LogP contribution in [-0.2, 0) is 21.6 Å². The summed E-state index contributed by atoms with van der Waals surface area (Å²) in [5, 5.41) is 0. The minimum absolute atomic E-state index is 0.163. The van der Waals surface area contributed by atoms with E-state index in [0.717, 1.165) is 16.6 Å². The Morgan fingerprint density at radius 3 is 1.93 bits per heavy atom. The van der Waals surface area contributed by atoms with Gasteiger partial charge in [0.05, 0.1) is 33.1 Å². The van der Waals surface area contributed by atoms with Crippen molar-refractivity contribution in [2.45, 2.75) is 39.2 Å². The molecule has 27 heavy (non-hydrogen) atoms. The molecular formula is C24H34NO2+. The SMILES string of the molecule is CCC(=O)OC(Cc1ccccc1)(c1ccccc1)C(C)(C)C[N+](C)(C)C. The highest BCUT2D eigenvalue weighted by molar-refractivity contribution is 5.70. The topological polar surface area (TPSA) is 26.3 Å². The fourth-order valence-electron chi connectivity index (χ4n) is 4.14. The van der Waals surface area contributed by atoms with Crippen LogP contribution in [0.4, 0.5) is 0 Å². The molecule has 3 nitrogen and oxygen atoms in total. The van der Waals surface area contributed by atoms with Gasteiger partial charge in [-0.1, -0.05) is 81.4 Å². The van der Waals surface area contributed by atoms with Crippen molar-refractivity contribution in [3.05, 3.63) is 71.8 Å². The monoisotopic (exact) mass is 368 g/mol. The van der Waals surface area contributed by atoms with Gasteiger partial charge in [-0.25, -0.2) is 0 Å². The van der Waals surface area contributed by atoms with Gasteiger partial charge in [-0.15, -0.1) is 0 Å². The Balaban J connectivity index is 2.66. The van der Waals surface area contributed by atoms with E-state index in [-0.39, 0.29) is 11.4 Å². The molecule has 3 heteroatoms. The zero-order valence-electron chi connectivity index (χ0n) is 17.7. The van der Waals surface area contributed by atoms with Crippen LogP contribution in [0.5, 0.6) is 0 Å². The highest BCUT2D eigenvalue weighted by Crippen LogP contribution is 2.47. The van der Waals surface area contributed by atoms with E-state index >= 15 is 0 Å². The summed E-state index contributed by atoms with van der Waals surface area (Å²) < 4.78 is 7.13. The van der Waals surface area contributed by atoms with E-state index in [1.807, 2.05) is 43.3 Å². The Labute approximate surface area is 164 Å². The Kier molecular flexibility index (Phi) is 6.48. The summed E-state index contributed by atoms with van der Waals surface area (Å²) in [5.41, 5.74) is 1.19. The first kappa shape index (κ1) is 21.2. The lowest BCUT2D eigenvalue weighted by molar-refractivity contribution is -0.878. The van der Waals surface area contributed by atoms with E-state index in [1.165, 1.54) is 5.56 Å². The van der Waals surface area contributed by atoms with Gasteiger partial charge in [0.2, 0.25) is 0 Å². The molecule has 0 bridgehead atoms. The number of ether oxygens (including phenoxy) is 1. The molecular weight excluding hydrogens is 334 g/mol. The van der Waals surface area contributed by atoms with Crippen LogP contribution in [0.25, 0.3) is 0 Å². The largest absolute Gasteiger partial charge is 0.453 e. The molecule has 0 N–H and O–H groups in total. The Hall–Kier alpha value is -2.13. The number of nitrogens with zero attached hydrogens (tertiary/aromatic N) is 1. The lowest BCUT2D eigenvalue weighted by atomic mass is 9.67. The fraction of sp³-hybridized carbons (Fsp3) is 0.458. The Morgan fingerprint density at radius 1 is 0.926 bits per heavy atom. The van der Waals surface area contributed by atoms with Crippen LogP contribution in [0.3, 0.4) is 0 Å². The first-order valence-corrected chi connectivity index (χ1v) is 9.71. The lowest BCUT2D eigenvalue weighted by Crippen LogP contribution is -2.55. The second kappa shape index (κ2) is 8.26. The molecule has 0 saturated carbocycles. The molecule has 0 saturated heterocycles. The predicted octanol–water partition coefficient (Wildman–Crippen LogP) is 4.81. The second-order valence-corrected chi connectivity index (χ2v) is 9.02. The van der Waals surface area contributed by atoms with Crippen LogP contribution < -0.4 is 0 Å². The van der Waals surface area contributed by atoms with Gasteiger partial charge in [0.1, 0.15) is 0 Å². The van der Waals surface area contributed by atoms with Crippen molar-refractivity contribution in [1.82, 2.24) is 0 Å². The van der Waals surface area contributed by atoms with Crippen molar-refractivity contribution < 1.29 is 14.0 Å². The molecule has 146 valence electrons. The summed E-state index contributed by atoms with van der Waals surface area (Å²) in [4.78, 5) is 12.6. The molecule has 2 aromatic rings. The third-order valence-electron chi connectivity index (χ3n) is 5.08. The highest BCUT2D eigenvalue weighted by Gasteiger charge is 2.52. The van der Waals surface area contributed by atoms with E-state index in [9.17, 15) is 4.79 Å². The van der Waals surface area contributed by atoms with Crippen LogP contribution in [0.15, 0.2) is 60.7 Å². The molecule has 0 aliphatic carbocycles. The number of carbonyl (C=O) groups excluding carboxylic acids is 1. The van der Waals surface area contributed by atoms with E-state index in [1.54, 1.807) is 0 Å². The highest BCUT2D eigenvalue weighted by atomic mass is 16.6. The van der Waals surface area contributed by atoms with Gasteiger partial charge < -0.3 is 9.22 Å². The van der Waals surface area contributed by atoms with Crippen LogP contribution in [0.1, 0.15) is 38.3 Å². The minimum atomic E-state index is -0.742. The number of esters is 1. The molecule has 0 amide bonds. The zero-order chi connectivity index (χ0) is 20.1. The number of rotatable bonds is 8. The summed E-state index contributed by atoms with van der Waals surface area (Å²) in [6.45, 7) is 7.16. The van der Waals surface area contributed by atoms with Gasteiger partial charge in [-0.3, -0.25) is 4.79 Å². The quantitative estimate of drug-likeness (QED) is 0.494. The summed E-state index contributed by atoms with van der Waals surface area (Å²) >= 11 is 0. The van der Waals surface area contributed by atoms with Crippen molar-refractivity contribution in [3.63, 3.8) is 0 Å². The summed E-state index contributed by atoms with van der Waals surface area (Å²) in [6.07, 6.45) is 1.01. The molecule has 0 aliphatic heterocycles. The molecule has 1 atom stereocenters. The minimum Gasteiger partial charge on any atom is -0.453 e. The maximum atomic E-state index is 12.6. The Morgan fingerprint density at radius 2 is 1.44 bits per heavy atom. The second-order valence-electron chi connectivity index (χ2n) is 9.02. The molecule has 0 spiro atoms. The number of carbonyl (C=O) groups is 1. The third kappa shape index (κ3) is 5.20. The Bertz CT molecular complexity index is 732. The lowest BCUT2D eigenvalue weighted by Gasteiger charge is -2.48. The van der Waals surface area contributed by atoms with E-state index in [4.69, 9.17) is 4.74 Å². The molecule has 2 rings (SSSR count). The number of hydrogen-bond acceptors (Lipinski definition) is 2. The maximum Gasteiger partial charge on any atom is 0.306 e. The maximum absolute atomic E-state index is 12.6. The van der Waals surface area contributed by atoms with Gasteiger partial charge in [0.15, 0.2) is 5.60 Å². The first-order chi connectivity index (χ1) is 12.6. The van der Waals surface area contributed by atoms with Crippen LogP contribution in [0.2, 0.25) is 0 Å². The van der Waals surface area contributed by atoms with Crippen molar-refractivity contribution in [1.29, 1.82) is 0 Å². The molecule has 0 fully saturated rings. The molecule has 0 radical (unpaired) electrons. The fourth-order valence-corrected chi connectivity index (χ4v) is 4.14. The average molecular weight is 369 g/mol. The summed E-state index contributed by atoms with van der Waals surface area (Å²) in [7, 11) is 6.55. The van der Waals surface area contributed by atoms with E-state index in [0.29, 0.717) is 12.8 Å². The number of hydrogen-bond donors (Lipinski definition) is 0. The zero-order valence-corrected chi connectivity index (χ0v) is 17.7. The number of quaternary nitrogens is 1. The van der Waals surface area contributed by atoms with Crippen LogP contribution >= 0.6 is 0 Å². The predicted molar refractivity (Wildman–Crippen MR) is 111 cm³/mol. The number of benzene rings is 2. The summed E-state index contributed by atoms with van der Waals surface area (Å²) in [6, 6.07) is 20.5.